The number of hydrazine groups is 2. The van der Waals surface area contributed by atoms with E-state index in [2.05, 4.69) is 22.4 Å². The Morgan fingerprint density at radius 2 is 1.26 bits per heavy atom. The van der Waals surface area contributed by atoms with E-state index in [1.165, 1.54) is 0 Å². The molecule has 0 fully saturated rings. The largest absolute Gasteiger partial charge is 0.370 e. The lowest BCUT2D eigenvalue weighted by Crippen LogP contribution is -2.48. The molecule has 0 bridgehead atoms. The van der Waals surface area contributed by atoms with Gasteiger partial charge in [-0.15, -0.1) is 25.3 Å². The lowest BCUT2D eigenvalue weighted by molar-refractivity contribution is -0.742. The van der Waals surface area contributed by atoms with Gasteiger partial charge in [0.15, 0.2) is 5.96 Å². The summed E-state index contributed by atoms with van der Waals surface area (Å²) in [6.45, 7) is 0. The van der Waals surface area contributed by atoms with Crippen LogP contribution < -0.4 is 34.7 Å². The van der Waals surface area contributed by atoms with Gasteiger partial charge in [-0.3, -0.25) is 5.41 Å². The van der Waals surface area contributed by atoms with Crippen LogP contribution in [0.25, 0.3) is 0 Å². The van der Waals surface area contributed by atoms with Crippen LogP contribution in [-0.2, 0) is 0 Å². The van der Waals surface area contributed by atoms with Crippen LogP contribution in [0.3, 0.4) is 0 Å². The summed E-state index contributed by atoms with van der Waals surface area (Å²) in [6.07, 6.45) is 0. The van der Waals surface area contributed by atoms with Crippen molar-refractivity contribution < 1.29 is 20.6 Å². The van der Waals surface area contributed by atoms with Crippen molar-refractivity contribution in [3.8, 4) is 0 Å². The Morgan fingerprint density at radius 1 is 1.11 bits per heavy atom. The zero-order valence-electron chi connectivity index (χ0n) is 9.28. The third kappa shape index (κ3) is 332. The fraction of sp³-hybridized carbons (Fsp3) is 0. The standard InChI is InChI=1S/CH8N6.CH5N3.2HNO3/c2-1(6-3)7(4)5;3*2-1(3)4/h3-5H2,(H2,2,6);(H5,2,3,4);2*(H,2,3,4). The van der Waals surface area contributed by atoms with Gasteiger partial charge in [0.2, 0.25) is 5.96 Å². The van der Waals surface area contributed by atoms with Gasteiger partial charge in [0.05, 0.1) is 0 Å². The third-order valence-corrected chi connectivity index (χ3v) is 0.397. The summed E-state index contributed by atoms with van der Waals surface area (Å²) in [5, 5.41) is 36.9. The first-order chi connectivity index (χ1) is 8.38. The Bertz CT molecular complexity index is 246. The molecule has 0 rings (SSSR count). The van der Waals surface area contributed by atoms with Gasteiger partial charge in [-0.1, -0.05) is 0 Å². The molecule has 17 heteroatoms. The Hall–Kier alpha value is -3.34. The molecule has 0 aromatic heterocycles. The number of nitrogens with one attached hydrogen (secondary N) is 1. The maximum absolute atomic E-state index is 8.36. The highest BCUT2D eigenvalue weighted by molar-refractivity contribution is 5.76. The molecule has 0 aromatic rings. The van der Waals surface area contributed by atoms with E-state index in [9.17, 15) is 0 Å². The van der Waals surface area contributed by atoms with E-state index in [1.54, 1.807) is 0 Å². The molecule has 0 aromatic carbocycles. The van der Waals surface area contributed by atoms with Gasteiger partial charge in [0.25, 0.3) is 10.2 Å². The molecule has 0 saturated heterocycles. The minimum absolute atomic E-state index is 0.111. The van der Waals surface area contributed by atoms with Crippen LogP contribution in [0.4, 0.5) is 0 Å². The first-order valence-electron chi connectivity index (χ1n) is 3.47. The van der Waals surface area contributed by atoms with Gasteiger partial charge in [0.1, 0.15) is 0 Å². The first kappa shape index (κ1) is 24.8. The summed E-state index contributed by atoms with van der Waals surface area (Å²) in [4.78, 5) is 16.7. The SMILES string of the molecule is N=C(N)N.NN=C(N)N(N)N.O=[N+]([O-])O.O=[N+]([O-])O. The molecule has 0 aliphatic rings. The molecule has 0 amide bonds. The van der Waals surface area contributed by atoms with Crippen LogP contribution in [0, 0.1) is 25.6 Å². The Morgan fingerprint density at radius 3 is 1.26 bits per heavy atom. The molecule has 0 aliphatic carbocycles. The van der Waals surface area contributed by atoms with Crippen molar-refractivity contribution in [2.24, 2.45) is 39.8 Å². The summed E-state index contributed by atoms with van der Waals surface area (Å²) in [5.41, 5.74) is 13.9. The number of nitrogens with zero attached hydrogens (tertiary/aromatic N) is 4. The average Bonchev–Trinajstić information content (AvgIpc) is 2.13. The van der Waals surface area contributed by atoms with Crippen LogP contribution in [0.1, 0.15) is 0 Å². The normalized spacial score (nSPS) is 8.00. The van der Waals surface area contributed by atoms with Crippen molar-refractivity contribution in [3.63, 3.8) is 0 Å². The molecule has 15 N–H and O–H groups in total. The highest BCUT2D eigenvalue weighted by atomic mass is 16.9. The van der Waals surface area contributed by atoms with Crippen molar-refractivity contribution in [2.45, 2.75) is 0 Å². The fourth-order valence-electron chi connectivity index (χ4n) is 0.0667. The zero-order chi connectivity index (χ0) is 16.6. The quantitative estimate of drug-likeness (QED) is 0.0665. The molecule has 0 unspecified atom stereocenters. The predicted octanol–water partition coefficient (Wildman–Crippen LogP) is -4.63. The second-order valence-corrected chi connectivity index (χ2v) is 1.83. The number of hydrogen-bond acceptors (Lipinski definition) is 9. The maximum atomic E-state index is 8.36. The zero-order valence-corrected chi connectivity index (χ0v) is 9.28. The Kier molecular flexibility index (Phi) is 22.2. The first-order valence-corrected chi connectivity index (χ1v) is 3.47. The monoisotopic (exact) mass is 289 g/mol. The fourth-order valence-corrected chi connectivity index (χ4v) is 0.0667. The molecular weight excluding hydrogens is 274 g/mol. The van der Waals surface area contributed by atoms with Crippen LogP contribution in [0.5, 0.6) is 0 Å². The van der Waals surface area contributed by atoms with E-state index < -0.39 is 10.2 Å². The summed E-state index contributed by atoms with van der Waals surface area (Å²) in [5.74, 6) is 13.8. The van der Waals surface area contributed by atoms with Crippen molar-refractivity contribution in [3.05, 3.63) is 20.2 Å². The van der Waals surface area contributed by atoms with Crippen molar-refractivity contribution in [2.75, 3.05) is 0 Å². The molecule has 114 valence electrons. The van der Waals surface area contributed by atoms with E-state index in [-0.39, 0.29) is 11.9 Å². The minimum Gasteiger partial charge on any atom is -0.370 e. The van der Waals surface area contributed by atoms with Crippen LogP contribution >= 0.6 is 0 Å². The van der Waals surface area contributed by atoms with E-state index in [1.807, 2.05) is 0 Å². The van der Waals surface area contributed by atoms with Crippen LogP contribution in [0.15, 0.2) is 5.10 Å². The van der Waals surface area contributed by atoms with Gasteiger partial charge in [0, 0.05) is 0 Å². The van der Waals surface area contributed by atoms with Crippen molar-refractivity contribution in [1.29, 1.82) is 5.41 Å². The van der Waals surface area contributed by atoms with E-state index in [4.69, 9.17) is 53.5 Å². The number of guanidine groups is 2. The smallest absolute Gasteiger partial charge is 0.291 e. The van der Waals surface area contributed by atoms with Crippen molar-refractivity contribution >= 4 is 11.9 Å². The van der Waals surface area contributed by atoms with Crippen LogP contribution in [-0.4, -0.2) is 37.6 Å². The lowest BCUT2D eigenvalue weighted by atomic mass is 11.0. The molecular formula is C2H15N11O6. The van der Waals surface area contributed by atoms with Gasteiger partial charge in [-0.25, -0.2) is 16.8 Å². The molecule has 0 heterocycles. The summed E-state index contributed by atoms with van der Waals surface area (Å²) in [6, 6.07) is 0. The minimum atomic E-state index is -1.50. The lowest BCUT2D eigenvalue weighted by Gasteiger charge is -2.06. The number of hydrogen-bond donors (Lipinski definition) is 9. The molecule has 0 aliphatic heterocycles. The third-order valence-electron chi connectivity index (χ3n) is 0.397. The second-order valence-electron chi connectivity index (χ2n) is 1.83. The van der Waals surface area contributed by atoms with Gasteiger partial charge in [-0.2, -0.15) is 0 Å². The predicted molar refractivity (Wildman–Crippen MR) is 59.7 cm³/mol. The topological polar surface area (TPSA) is 322 Å². The molecule has 0 saturated carbocycles. The van der Waals surface area contributed by atoms with E-state index in [0.29, 0.717) is 5.12 Å². The average molecular weight is 289 g/mol. The molecule has 0 radical (unpaired) electrons. The van der Waals surface area contributed by atoms with Gasteiger partial charge < -0.3 is 33.5 Å². The molecule has 19 heavy (non-hydrogen) atoms. The number of rotatable bonds is 0. The summed E-state index contributed by atoms with van der Waals surface area (Å²) < 4.78 is 0. The molecule has 17 nitrogen and oxygen atoms in total. The Labute approximate surface area is 104 Å². The number of nitrogens with two attached hydrogens (primary N) is 6. The van der Waals surface area contributed by atoms with Crippen LogP contribution in [0.2, 0.25) is 0 Å². The highest BCUT2D eigenvalue weighted by Crippen LogP contribution is 1.55. The van der Waals surface area contributed by atoms with Crippen molar-refractivity contribution in [1.82, 2.24) is 5.12 Å². The second kappa shape index (κ2) is 17.1. The number of hydrazone groups is 1. The highest BCUT2D eigenvalue weighted by Gasteiger charge is 1.88. The summed E-state index contributed by atoms with van der Waals surface area (Å²) in [7, 11) is 0. The van der Waals surface area contributed by atoms with Gasteiger partial charge in [-0.05, 0) is 0 Å². The van der Waals surface area contributed by atoms with Gasteiger partial charge >= 0.3 is 0 Å². The summed E-state index contributed by atoms with van der Waals surface area (Å²) >= 11 is 0. The Balaban J connectivity index is -0.0000000825. The van der Waals surface area contributed by atoms with E-state index >= 15 is 0 Å². The maximum Gasteiger partial charge on any atom is 0.291 e. The van der Waals surface area contributed by atoms with E-state index in [0.717, 1.165) is 0 Å². The molecule has 0 atom stereocenters. The molecule has 0 spiro atoms.